The summed E-state index contributed by atoms with van der Waals surface area (Å²) in [4.78, 5) is 23.8. The quantitative estimate of drug-likeness (QED) is 0.537. The van der Waals surface area contributed by atoms with Gasteiger partial charge in [-0.1, -0.05) is 0 Å². The molecule has 1 heterocycles. The van der Waals surface area contributed by atoms with E-state index in [4.69, 9.17) is 18.0 Å². The molecule has 0 saturated heterocycles. The van der Waals surface area contributed by atoms with E-state index in [0.29, 0.717) is 0 Å². The molecule has 1 rings (SSSR count). The standard InChI is InChI=1S/C6H8N4O2S/c1-3(11)9-10-4(7)2-5(12)8-6(10)13/h2H,7H2,1H3,(H,9,11)(H,8,12,13). The Bertz CT molecular complexity index is 447. The third-order valence-corrected chi connectivity index (χ3v) is 1.52. The van der Waals surface area contributed by atoms with E-state index < -0.39 is 5.56 Å². The molecule has 0 aliphatic rings. The summed E-state index contributed by atoms with van der Waals surface area (Å²) < 4.78 is 1.18. The molecule has 1 amide bonds. The molecule has 0 aromatic carbocycles. The lowest BCUT2D eigenvalue weighted by Crippen LogP contribution is -2.26. The first kappa shape index (κ1) is 9.46. The van der Waals surface area contributed by atoms with Crippen LogP contribution in [0.4, 0.5) is 5.82 Å². The van der Waals surface area contributed by atoms with E-state index in [1.54, 1.807) is 0 Å². The first-order valence-electron chi connectivity index (χ1n) is 3.40. The van der Waals surface area contributed by atoms with Crippen LogP contribution in [0.5, 0.6) is 0 Å². The number of carbonyl (C=O) groups is 1. The average Bonchev–Trinajstić information content (AvgIpc) is 1.96. The van der Waals surface area contributed by atoms with Crippen LogP contribution < -0.4 is 16.7 Å². The number of aromatic nitrogens is 2. The summed E-state index contributed by atoms with van der Waals surface area (Å²) in [6.45, 7) is 1.31. The van der Waals surface area contributed by atoms with Crippen LogP contribution in [-0.2, 0) is 4.79 Å². The van der Waals surface area contributed by atoms with Crippen molar-refractivity contribution in [3.8, 4) is 0 Å². The second-order valence-corrected chi connectivity index (χ2v) is 2.75. The first-order chi connectivity index (χ1) is 6.00. The molecule has 0 spiro atoms. The van der Waals surface area contributed by atoms with E-state index in [2.05, 4.69) is 10.4 Å². The second kappa shape index (κ2) is 3.40. The van der Waals surface area contributed by atoms with Crippen molar-refractivity contribution in [3.05, 3.63) is 21.2 Å². The van der Waals surface area contributed by atoms with Gasteiger partial charge in [0.2, 0.25) is 10.7 Å². The Morgan fingerprint density at radius 1 is 1.77 bits per heavy atom. The molecule has 1 aromatic rings. The maximum Gasteiger partial charge on any atom is 0.253 e. The summed E-state index contributed by atoms with van der Waals surface area (Å²) in [5.74, 6) is -0.237. The molecule has 7 heteroatoms. The Kier molecular flexibility index (Phi) is 2.47. The van der Waals surface area contributed by atoms with Crippen LogP contribution in [0.25, 0.3) is 0 Å². The number of nitrogens with zero attached hydrogens (tertiary/aromatic N) is 1. The number of anilines is 1. The largest absolute Gasteiger partial charge is 0.383 e. The highest BCUT2D eigenvalue weighted by atomic mass is 32.1. The van der Waals surface area contributed by atoms with Gasteiger partial charge in [-0.25, -0.2) is 4.68 Å². The molecule has 13 heavy (non-hydrogen) atoms. The third kappa shape index (κ3) is 2.15. The molecule has 1 aromatic heterocycles. The maximum atomic E-state index is 10.8. The molecule has 0 bridgehead atoms. The molecule has 0 atom stereocenters. The third-order valence-electron chi connectivity index (χ3n) is 1.24. The van der Waals surface area contributed by atoms with Crippen molar-refractivity contribution in [2.45, 2.75) is 6.92 Å². The van der Waals surface area contributed by atoms with E-state index >= 15 is 0 Å². The smallest absolute Gasteiger partial charge is 0.253 e. The molecule has 0 saturated carbocycles. The van der Waals surface area contributed by atoms with Crippen LogP contribution in [0.1, 0.15) is 6.92 Å². The number of rotatable bonds is 1. The van der Waals surface area contributed by atoms with Gasteiger partial charge in [0.25, 0.3) is 5.56 Å². The lowest BCUT2D eigenvalue weighted by Gasteiger charge is -2.08. The number of nitrogens with two attached hydrogens (primary N) is 1. The number of hydrogen-bond donors (Lipinski definition) is 3. The number of H-pyrrole nitrogens is 1. The fourth-order valence-electron chi connectivity index (χ4n) is 0.786. The fourth-order valence-corrected chi connectivity index (χ4v) is 1.04. The molecule has 4 N–H and O–H groups in total. The zero-order valence-electron chi connectivity index (χ0n) is 6.83. The SMILES string of the molecule is CC(=O)Nn1c(N)cc(=O)[nH]c1=S. The summed E-state index contributed by atoms with van der Waals surface area (Å²) in [7, 11) is 0. The lowest BCUT2D eigenvalue weighted by molar-refractivity contribution is -0.115. The molecule has 0 radical (unpaired) electrons. The number of amides is 1. The molecule has 0 aliphatic heterocycles. The van der Waals surface area contributed by atoms with Crippen LogP contribution in [0.15, 0.2) is 10.9 Å². The minimum absolute atomic E-state index is 0.0557. The molecule has 0 unspecified atom stereocenters. The van der Waals surface area contributed by atoms with Crippen molar-refractivity contribution in [1.82, 2.24) is 9.66 Å². The minimum Gasteiger partial charge on any atom is -0.383 e. The van der Waals surface area contributed by atoms with Gasteiger partial charge < -0.3 is 5.73 Å². The number of hydrogen-bond acceptors (Lipinski definition) is 4. The summed E-state index contributed by atoms with van der Waals surface area (Å²) in [5.41, 5.74) is 7.38. The highest BCUT2D eigenvalue weighted by Crippen LogP contribution is 1.94. The highest BCUT2D eigenvalue weighted by Gasteiger charge is 2.00. The average molecular weight is 200 g/mol. The van der Waals surface area contributed by atoms with Gasteiger partial charge in [-0.15, -0.1) is 0 Å². The van der Waals surface area contributed by atoms with E-state index in [9.17, 15) is 9.59 Å². The molecular weight excluding hydrogens is 192 g/mol. The van der Waals surface area contributed by atoms with Crippen molar-refractivity contribution < 1.29 is 4.79 Å². The topological polar surface area (TPSA) is 92.9 Å². The van der Waals surface area contributed by atoms with Gasteiger partial charge in [0, 0.05) is 13.0 Å². The summed E-state index contributed by atoms with van der Waals surface area (Å²) in [5, 5.41) is 0. The van der Waals surface area contributed by atoms with Crippen LogP contribution >= 0.6 is 12.2 Å². The Balaban J connectivity index is 3.29. The normalized spacial score (nSPS) is 9.62. The molecule has 6 nitrogen and oxygen atoms in total. The number of carbonyl (C=O) groups excluding carboxylic acids is 1. The van der Waals surface area contributed by atoms with Gasteiger partial charge in [0.15, 0.2) is 0 Å². The monoisotopic (exact) mass is 200 g/mol. The predicted molar refractivity (Wildman–Crippen MR) is 50.3 cm³/mol. The van der Waals surface area contributed by atoms with Crippen molar-refractivity contribution >= 4 is 23.9 Å². The summed E-state index contributed by atoms with van der Waals surface area (Å²) in [6.07, 6.45) is 0. The van der Waals surface area contributed by atoms with Crippen LogP contribution in [-0.4, -0.2) is 15.6 Å². The van der Waals surface area contributed by atoms with Gasteiger partial charge in [0.1, 0.15) is 5.82 Å². The van der Waals surface area contributed by atoms with Crippen molar-refractivity contribution in [1.29, 1.82) is 0 Å². The molecule has 0 aliphatic carbocycles. The number of nitrogen functional groups attached to an aromatic ring is 1. The number of aromatic amines is 1. The van der Waals surface area contributed by atoms with Crippen LogP contribution in [0, 0.1) is 4.77 Å². The van der Waals surface area contributed by atoms with Crippen molar-refractivity contribution in [2.75, 3.05) is 11.2 Å². The van der Waals surface area contributed by atoms with E-state index in [1.807, 2.05) is 0 Å². The zero-order valence-corrected chi connectivity index (χ0v) is 7.64. The molecule has 0 fully saturated rings. The molecule has 70 valence electrons. The van der Waals surface area contributed by atoms with Gasteiger partial charge >= 0.3 is 0 Å². The molecular formula is C6H8N4O2S. The van der Waals surface area contributed by atoms with Gasteiger partial charge in [-0.3, -0.25) is 20.0 Å². The minimum atomic E-state index is -0.399. The number of nitrogens with one attached hydrogen (secondary N) is 2. The zero-order chi connectivity index (χ0) is 10.0. The van der Waals surface area contributed by atoms with Gasteiger partial charge in [-0.05, 0) is 12.2 Å². The Morgan fingerprint density at radius 2 is 2.38 bits per heavy atom. The Morgan fingerprint density at radius 3 is 2.85 bits per heavy atom. The maximum absolute atomic E-state index is 10.8. The highest BCUT2D eigenvalue weighted by molar-refractivity contribution is 7.71. The fraction of sp³-hybridized carbons (Fsp3) is 0.167. The van der Waals surface area contributed by atoms with Crippen LogP contribution in [0.3, 0.4) is 0 Å². The second-order valence-electron chi connectivity index (χ2n) is 2.37. The Hall–Kier alpha value is -1.63. The van der Waals surface area contributed by atoms with Crippen LogP contribution in [0.2, 0.25) is 0 Å². The summed E-state index contributed by atoms with van der Waals surface area (Å²) >= 11 is 4.76. The first-order valence-corrected chi connectivity index (χ1v) is 3.81. The van der Waals surface area contributed by atoms with Gasteiger partial charge in [-0.2, -0.15) is 0 Å². The lowest BCUT2D eigenvalue weighted by atomic mass is 10.6. The van der Waals surface area contributed by atoms with Crippen molar-refractivity contribution in [2.24, 2.45) is 0 Å². The van der Waals surface area contributed by atoms with Gasteiger partial charge in [0.05, 0.1) is 0 Å². The Labute approximate surface area is 78.4 Å². The summed E-state index contributed by atoms with van der Waals surface area (Å²) in [6, 6.07) is 1.13. The van der Waals surface area contributed by atoms with E-state index in [-0.39, 0.29) is 16.5 Å². The van der Waals surface area contributed by atoms with E-state index in [1.165, 1.54) is 6.92 Å². The van der Waals surface area contributed by atoms with Crippen molar-refractivity contribution in [3.63, 3.8) is 0 Å². The predicted octanol–water partition coefficient (Wildman–Crippen LogP) is -0.422. The van der Waals surface area contributed by atoms with E-state index in [0.717, 1.165) is 10.7 Å².